The zero-order valence-electron chi connectivity index (χ0n) is 8.63. The van der Waals surface area contributed by atoms with Crippen molar-refractivity contribution in [2.24, 2.45) is 0 Å². The third kappa shape index (κ3) is 15.1. The Kier molecular flexibility index (Phi) is 16.1. The van der Waals surface area contributed by atoms with Crippen molar-refractivity contribution < 1.29 is 9.47 Å². The molecule has 6 heteroatoms. The van der Waals surface area contributed by atoms with E-state index in [0.29, 0.717) is 26.4 Å². The first-order valence-electron chi connectivity index (χ1n) is 4.72. The smallest absolute Gasteiger partial charge is 0.0700 e. The monoisotopic (exact) mass is 286 g/mol. The molecule has 15 heavy (non-hydrogen) atoms. The molecule has 0 aliphatic carbocycles. The average Bonchev–Trinajstić information content (AvgIpc) is 2.82. The molecule has 0 bridgehead atoms. The van der Waals surface area contributed by atoms with E-state index in [1.54, 1.807) is 0 Å². The highest BCUT2D eigenvalue weighted by molar-refractivity contribution is 8.78. The van der Waals surface area contributed by atoms with Crippen molar-refractivity contribution in [3.8, 4) is 0 Å². The summed E-state index contributed by atoms with van der Waals surface area (Å²) in [6, 6.07) is 0. The van der Waals surface area contributed by atoms with E-state index < -0.39 is 0 Å². The van der Waals surface area contributed by atoms with E-state index >= 15 is 0 Å². The van der Waals surface area contributed by atoms with Crippen LogP contribution in [0.2, 0.25) is 0 Å². The third-order valence-corrected chi connectivity index (χ3v) is 3.51. The van der Waals surface area contributed by atoms with E-state index in [9.17, 15) is 0 Å². The first-order chi connectivity index (χ1) is 7.41. The molecule has 2 nitrogen and oxygen atoms in total. The van der Waals surface area contributed by atoms with E-state index in [2.05, 4.69) is 36.7 Å². The molecule has 0 aromatic carbocycles. The van der Waals surface area contributed by atoms with Gasteiger partial charge in [-0.25, -0.2) is 0 Å². The molecule has 0 radical (unpaired) electrons. The van der Waals surface area contributed by atoms with Crippen LogP contribution < -0.4 is 0 Å². The van der Waals surface area contributed by atoms with Gasteiger partial charge in [0.2, 0.25) is 0 Å². The molecule has 1 aliphatic heterocycles. The van der Waals surface area contributed by atoms with Gasteiger partial charge in [0.25, 0.3) is 0 Å². The molecule has 1 heterocycles. The summed E-state index contributed by atoms with van der Waals surface area (Å²) in [5.41, 5.74) is 0. The summed E-state index contributed by atoms with van der Waals surface area (Å²) in [6.45, 7) is 2.73. The minimum Gasteiger partial charge on any atom is -0.378 e. The minimum atomic E-state index is 0.661. The van der Waals surface area contributed by atoms with Gasteiger partial charge in [-0.15, -0.1) is 0 Å². The van der Waals surface area contributed by atoms with Crippen LogP contribution in [-0.2, 0) is 9.47 Å². The second kappa shape index (κ2) is 15.1. The first-order valence-corrected chi connectivity index (χ1v) is 8.37. The van der Waals surface area contributed by atoms with Gasteiger partial charge in [0.05, 0.1) is 26.4 Å². The summed E-state index contributed by atoms with van der Waals surface area (Å²) in [6.07, 6.45) is 2.16. The molecule has 0 saturated carbocycles. The summed E-state index contributed by atoms with van der Waals surface area (Å²) in [5, 5.41) is 2.12. The topological polar surface area (TPSA) is 18.5 Å². The fourth-order valence-electron chi connectivity index (χ4n) is 0.647. The predicted molar refractivity (Wildman–Crippen MR) is 78.5 cm³/mol. The zero-order valence-corrected chi connectivity index (χ0v) is 12.1. The quantitative estimate of drug-likeness (QED) is 0.426. The molecule has 90 valence electrons. The number of thiol groups is 2. The van der Waals surface area contributed by atoms with Crippen molar-refractivity contribution in [1.29, 1.82) is 0 Å². The average molecular weight is 287 g/mol. The lowest BCUT2D eigenvalue weighted by Gasteiger charge is -2.01. The summed E-state index contributed by atoms with van der Waals surface area (Å²) in [4.78, 5) is 0. The van der Waals surface area contributed by atoms with Crippen LogP contribution in [0.4, 0.5) is 0 Å². The van der Waals surface area contributed by atoms with Gasteiger partial charge in [0.15, 0.2) is 0 Å². The molecule has 0 fully saturated rings. The van der Waals surface area contributed by atoms with Gasteiger partial charge < -0.3 is 9.47 Å². The van der Waals surface area contributed by atoms with E-state index in [0.717, 1.165) is 11.5 Å². The Morgan fingerprint density at radius 1 is 1.00 bits per heavy atom. The highest BCUT2D eigenvalue weighted by Gasteiger charge is 1.86. The summed E-state index contributed by atoms with van der Waals surface area (Å²) in [5.74, 6) is 2.74. The number of rotatable bonds is 7. The van der Waals surface area contributed by atoms with Gasteiger partial charge in [-0.2, -0.15) is 25.3 Å². The Morgan fingerprint density at radius 2 is 1.60 bits per heavy atom. The van der Waals surface area contributed by atoms with Crippen molar-refractivity contribution in [2.45, 2.75) is 0 Å². The normalized spacial score (nSPS) is 13.7. The fourth-order valence-corrected chi connectivity index (χ4v) is 2.48. The molecule has 0 unspecified atom stereocenters. The van der Waals surface area contributed by atoms with Crippen LogP contribution in [0.5, 0.6) is 0 Å². The SMILES string of the molecule is C1=CSSC1.SCCOCCOCCS. The predicted octanol–water partition coefficient (Wildman–Crippen LogP) is 2.77. The zero-order chi connectivity index (χ0) is 11.2. The van der Waals surface area contributed by atoms with Gasteiger partial charge in [-0.3, -0.25) is 0 Å². The molecule has 1 aliphatic rings. The molecule has 0 spiro atoms. The molecule has 0 aromatic heterocycles. The van der Waals surface area contributed by atoms with Crippen molar-refractivity contribution in [2.75, 3.05) is 43.7 Å². The lowest BCUT2D eigenvalue weighted by atomic mass is 10.7. The second-order valence-electron chi connectivity index (χ2n) is 2.42. The third-order valence-electron chi connectivity index (χ3n) is 1.23. The Balaban J connectivity index is 0.000000322. The van der Waals surface area contributed by atoms with Crippen LogP contribution in [0, 0.1) is 0 Å². The largest absolute Gasteiger partial charge is 0.378 e. The van der Waals surface area contributed by atoms with E-state index in [-0.39, 0.29) is 0 Å². The molecule has 1 rings (SSSR count). The number of ether oxygens (including phenoxy) is 2. The molecular formula is C9H18O2S4. The van der Waals surface area contributed by atoms with Gasteiger partial charge in [-0.1, -0.05) is 27.7 Å². The summed E-state index contributed by atoms with van der Waals surface area (Å²) >= 11 is 7.97. The molecule has 0 N–H and O–H groups in total. The van der Waals surface area contributed by atoms with Gasteiger partial charge in [0.1, 0.15) is 0 Å². The second-order valence-corrected chi connectivity index (χ2v) is 5.64. The molecule has 0 aromatic rings. The van der Waals surface area contributed by atoms with Crippen molar-refractivity contribution in [3.63, 3.8) is 0 Å². The molecule has 0 amide bonds. The lowest BCUT2D eigenvalue weighted by Crippen LogP contribution is -2.07. The van der Waals surface area contributed by atoms with Gasteiger partial charge >= 0.3 is 0 Å². The van der Waals surface area contributed by atoms with Crippen LogP contribution in [0.25, 0.3) is 0 Å². The molecule has 0 saturated heterocycles. The highest BCUT2D eigenvalue weighted by atomic mass is 33.1. The lowest BCUT2D eigenvalue weighted by molar-refractivity contribution is 0.0606. The highest BCUT2D eigenvalue weighted by Crippen LogP contribution is 2.27. The van der Waals surface area contributed by atoms with Crippen molar-refractivity contribution >= 4 is 46.8 Å². The van der Waals surface area contributed by atoms with Crippen molar-refractivity contribution in [3.05, 3.63) is 11.5 Å². The standard InChI is InChI=1S/C6H14O2S2.C3H4S2/c9-5-3-7-1-2-8-4-6-10;1-2-4-5-3-1/h9-10H,1-6H2;1-2H,3H2. The van der Waals surface area contributed by atoms with E-state index in [1.807, 2.05) is 21.6 Å². The van der Waals surface area contributed by atoms with Crippen LogP contribution in [-0.4, -0.2) is 43.7 Å². The van der Waals surface area contributed by atoms with Crippen molar-refractivity contribution in [1.82, 2.24) is 0 Å². The Bertz CT molecular complexity index is 130. The maximum atomic E-state index is 5.10. The fraction of sp³-hybridized carbons (Fsp3) is 0.778. The molecular weight excluding hydrogens is 268 g/mol. The van der Waals surface area contributed by atoms with Gasteiger partial charge in [-0.05, 0) is 5.41 Å². The van der Waals surface area contributed by atoms with E-state index in [1.165, 1.54) is 5.75 Å². The Morgan fingerprint density at radius 3 is 1.87 bits per heavy atom. The number of hydrogen-bond donors (Lipinski definition) is 2. The Hall–Kier alpha value is 1.06. The van der Waals surface area contributed by atoms with Crippen LogP contribution in [0.3, 0.4) is 0 Å². The summed E-state index contributed by atoms with van der Waals surface area (Å²) in [7, 11) is 3.69. The van der Waals surface area contributed by atoms with E-state index in [4.69, 9.17) is 9.47 Å². The first kappa shape index (κ1) is 16.1. The maximum Gasteiger partial charge on any atom is 0.0700 e. The number of hydrogen-bond acceptors (Lipinski definition) is 6. The van der Waals surface area contributed by atoms with Crippen LogP contribution in [0.1, 0.15) is 0 Å². The Labute approximate surface area is 111 Å². The summed E-state index contributed by atoms with van der Waals surface area (Å²) < 4.78 is 10.2. The van der Waals surface area contributed by atoms with Gasteiger partial charge in [0, 0.05) is 17.3 Å². The van der Waals surface area contributed by atoms with Crippen LogP contribution >= 0.6 is 46.8 Å². The molecule has 0 atom stereocenters. The minimum absolute atomic E-state index is 0.661. The van der Waals surface area contributed by atoms with Crippen LogP contribution in [0.15, 0.2) is 11.5 Å². The maximum absolute atomic E-state index is 5.10.